The van der Waals surface area contributed by atoms with Gasteiger partial charge in [0.1, 0.15) is 23.4 Å². The fourth-order valence-electron chi connectivity index (χ4n) is 3.70. The zero-order valence-electron chi connectivity index (χ0n) is 18.6. The fourth-order valence-corrected chi connectivity index (χ4v) is 3.70. The van der Waals surface area contributed by atoms with E-state index < -0.39 is 6.04 Å². The van der Waals surface area contributed by atoms with Crippen LogP contribution in [0.5, 0.6) is 11.5 Å². The molecule has 1 heterocycles. The van der Waals surface area contributed by atoms with Crippen LogP contribution in [-0.2, 0) is 9.53 Å². The molecule has 0 spiro atoms. The second-order valence-electron chi connectivity index (χ2n) is 7.75. The van der Waals surface area contributed by atoms with Crippen LogP contribution >= 0.6 is 0 Å². The van der Waals surface area contributed by atoms with Crippen LogP contribution in [-0.4, -0.2) is 51.5 Å². The van der Waals surface area contributed by atoms with Gasteiger partial charge in [0.2, 0.25) is 5.91 Å². The smallest absolute Gasteiger partial charge is 0.246 e. The van der Waals surface area contributed by atoms with Crippen molar-refractivity contribution >= 4 is 23.0 Å². The summed E-state index contributed by atoms with van der Waals surface area (Å²) in [6.07, 6.45) is 0.0801. The van der Waals surface area contributed by atoms with E-state index >= 15 is 0 Å². The lowest BCUT2D eigenvalue weighted by atomic mass is 10.1. The van der Waals surface area contributed by atoms with E-state index in [9.17, 15) is 9.18 Å². The van der Waals surface area contributed by atoms with E-state index in [0.717, 1.165) is 0 Å². The van der Waals surface area contributed by atoms with E-state index in [0.29, 0.717) is 41.7 Å². The average molecular weight is 432 g/mol. The summed E-state index contributed by atoms with van der Waals surface area (Å²) in [5, 5.41) is 5.87. The molecule has 0 aromatic heterocycles. The Bertz CT molecular complexity index is 914. The van der Waals surface area contributed by atoms with Gasteiger partial charge in [-0.2, -0.15) is 0 Å². The highest BCUT2D eigenvalue weighted by Gasteiger charge is 2.24. The molecule has 1 aliphatic heterocycles. The predicted octanol–water partition coefficient (Wildman–Crippen LogP) is 3.90. The number of carbonyl (C=O) groups is 1. The molecule has 0 radical (unpaired) electrons. The van der Waals surface area contributed by atoms with E-state index in [-0.39, 0.29) is 23.9 Å². The molecule has 7 nitrogen and oxygen atoms in total. The number of rotatable bonds is 7. The Morgan fingerprint density at radius 3 is 2.45 bits per heavy atom. The minimum absolute atomic E-state index is 0.0401. The number of hydrogen-bond acceptors (Lipinski definition) is 6. The summed E-state index contributed by atoms with van der Waals surface area (Å²) in [6, 6.07) is 9.46. The number of benzene rings is 2. The molecule has 2 N–H and O–H groups in total. The van der Waals surface area contributed by atoms with Crippen molar-refractivity contribution in [2.45, 2.75) is 39.0 Å². The zero-order chi connectivity index (χ0) is 22.5. The molecule has 0 saturated carbocycles. The molecular weight excluding hydrogens is 401 g/mol. The Kier molecular flexibility index (Phi) is 7.22. The van der Waals surface area contributed by atoms with E-state index in [1.807, 2.05) is 18.7 Å². The van der Waals surface area contributed by atoms with Gasteiger partial charge in [0.15, 0.2) is 0 Å². The van der Waals surface area contributed by atoms with E-state index in [1.54, 1.807) is 44.4 Å². The van der Waals surface area contributed by atoms with Crippen molar-refractivity contribution in [2.24, 2.45) is 0 Å². The Labute approximate surface area is 182 Å². The number of amides is 1. The highest BCUT2D eigenvalue weighted by molar-refractivity contribution is 5.97. The summed E-state index contributed by atoms with van der Waals surface area (Å²) in [7, 11) is 3.08. The Morgan fingerprint density at radius 1 is 1.13 bits per heavy atom. The van der Waals surface area contributed by atoms with Gasteiger partial charge in [-0.3, -0.25) is 4.79 Å². The first kappa shape index (κ1) is 22.7. The zero-order valence-corrected chi connectivity index (χ0v) is 18.6. The van der Waals surface area contributed by atoms with Crippen molar-refractivity contribution in [2.75, 3.05) is 42.8 Å². The molecule has 3 rings (SSSR count). The highest BCUT2D eigenvalue weighted by Crippen LogP contribution is 2.29. The van der Waals surface area contributed by atoms with Crippen LogP contribution in [0.4, 0.5) is 21.5 Å². The minimum atomic E-state index is -0.607. The first-order valence-electron chi connectivity index (χ1n) is 10.3. The van der Waals surface area contributed by atoms with Crippen LogP contribution in [0.25, 0.3) is 0 Å². The molecular formula is C23H30FN3O4. The van der Waals surface area contributed by atoms with Crippen LogP contribution in [0.3, 0.4) is 0 Å². The van der Waals surface area contributed by atoms with E-state index in [1.165, 1.54) is 13.2 Å². The Morgan fingerprint density at radius 2 is 1.84 bits per heavy atom. The topological polar surface area (TPSA) is 72.1 Å². The maximum Gasteiger partial charge on any atom is 0.246 e. The van der Waals surface area contributed by atoms with Crippen molar-refractivity contribution in [3.05, 3.63) is 42.2 Å². The molecule has 3 unspecified atom stereocenters. The van der Waals surface area contributed by atoms with Crippen molar-refractivity contribution in [3.63, 3.8) is 0 Å². The molecule has 1 saturated heterocycles. The van der Waals surface area contributed by atoms with Gasteiger partial charge in [0, 0.05) is 24.8 Å². The number of anilines is 3. The minimum Gasteiger partial charge on any atom is -0.497 e. The third-order valence-corrected chi connectivity index (χ3v) is 5.15. The number of nitrogens with one attached hydrogen (secondary N) is 2. The van der Waals surface area contributed by atoms with Crippen molar-refractivity contribution in [1.82, 2.24) is 0 Å². The second-order valence-corrected chi connectivity index (χ2v) is 7.75. The van der Waals surface area contributed by atoms with Gasteiger partial charge in [-0.05, 0) is 51.1 Å². The monoisotopic (exact) mass is 431 g/mol. The maximum absolute atomic E-state index is 14.8. The lowest BCUT2D eigenvalue weighted by molar-refractivity contribution is -0.116. The first-order valence-corrected chi connectivity index (χ1v) is 10.3. The van der Waals surface area contributed by atoms with Crippen LogP contribution in [0.2, 0.25) is 0 Å². The number of methoxy groups -OCH3 is 2. The van der Waals surface area contributed by atoms with Gasteiger partial charge >= 0.3 is 0 Å². The molecule has 2 aromatic carbocycles. The summed E-state index contributed by atoms with van der Waals surface area (Å²) in [4.78, 5) is 14.7. The van der Waals surface area contributed by atoms with Crippen molar-refractivity contribution in [1.29, 1.82) is 0 Å². The lowest BCUT2D eigenvalue weighted by Crippen LogP contribution is -2.45. The van der Waals surface area contributed by atoms with Gasteiger partial charge in [0.25, 0.3) is 0 Å². The van der Waals surface area contributed by atoms with Crippen LogP contribution in [0.15, 0.2) is 36.4 Å². The molecule has 1 fully saturated rings. The molecule has 168 valence electrons. The summed E-state index contributed by atoms with van der Waals surface area (Å²) in [5.74, 6) is 0.493. The summed E-state index contributed by atoms with van der Waals surface area (Å²) in [6.45, 7) is 6.94. The van der Waals surface area contributed by atoms with E-state index in [2.05, 4.69) is 10.6 Å². The number of ether oxygens (including phenoxy) is 3. The normalized spacial score (nSPS) is 19.5. The fraction of sp³-hybridized carbons (Fsp3) is 0.435. The molecule has 1 amide bonds. The number of halogens is 1. The number of carbonyl (C=O) groups excluding carboxylic acids is 1. The maximum atomic E-state index is 14.8. The molecule has 3 atom stereocenters. The number of morpholine rings is 1. The van der Waals surface area contributed by atoms with Crippen molar-refractivity contribution in [3.8, 4) is 11.5 Å². The number of nitrogens with zero attached hydrogens (tertiary/aromatic N) is 1. The van der Waals surface area contributed by atoms with Crippen LogP contribution in [0, 0.1) is 5.82 Å². The standard InChI is InChI=1S/C23H30FN3O4/c1-14-12-27(13-15(2)31-14)21-8-6-17(10-19(21)24)25-16(3)23(28)26-20-11-18(29-4)7-9-22(20)30-5/h6-11,14-16,25H,12-13H2,1-5H3,(H,26,28). The summed E-state index contributed by atoms with van der Waals surface area (Å²) < 4.78 is 31.0. The molecule has 31 heavy (non-hydrogen) atoms. The van der Waals surface area contributed by atoms with Gasteiger partial charge < -0.3 is 29.7 Å². The van der Waals surface area contributed by atoms with Gasteiger partial charge in [0.05, 0.1) is 37.8 Å². The average Bonchev–Trinajstić information content (AvgIpc) is 2.72. The molecule has 8 heteroatoms. The highest BCUT2D eigenvalue weighted by atomic mass is 19.1. The molecule has 0 aliphatic carbocycles. The second kappa shape index (κ2) is 9.87. The van der Waals surface area contributed by atoms with Gasteiger partial charge in [-0.25, -0.2) is 4.39 Å². The third-order valence-electron chi connectivity index (χ3n) is 5.15. The largest absolute Gasteiger partial charge is 0.497 e. The van der Waals surface area contributed by atoms with Crippen LogP contribution in [0.1, 0.15) is 20.8 Å². The first-order chi connectivity index (χ1) is 14.8. The van der Waals surface area contributed by atoms with E-state index in [4.69, 9.17) is 14.2 Å². The van der Waals surface area contributed by atoms with Crippen molar-refractivity contribution < 1.29 is 23.4 Å². The molecule has 2 aromatic rings. The SMILES string of the molecule is COc1ccc(OC)c(NC(=O)C(C)Nc2ccc(N3CC(C)OC(C)C3)c(F)c2)c1. The summed E-state index contributed by atoms with van der Waals surface area (Å²) >= 11 is 0. The van der Waals surface area contributed by atoms with Gasteiger partial charge in [-0.15, -0.1) is 0 Å². The lowest BCUT2D eigenvalue weighted by Gasteiger charge is -2.37. The van der Waals surface area contributed by atoms with Gasteiger partial charge in [-0.1, -0.05) is 0 Å². The Balaban J connectivity index is 1.67. The molecule has 1 aliphatic rings. The van der Waals surface area contributed by atoms with Crippen LogP contribution < -0.4 is 25.0 Å². The third kappa shape index (κ3) is 5.58. The molecule has 0 bridgehead atoms. The number of hydrogen-bond donors (Lipinski definition) is 2. The predicted molar refractivity (Wildman–Crippen MR) is 120 cm³/mol. The Hall–Kier alpha value is -3.00. The quantitative estimate of drug-likeness (QED) is 0.693. The summed E-state index contributed by atoms with van der Waals surface area (Å²) in [5.41, 5.74) is 1.55.